The van der Waals surface area contributed by atoms with E-state index >= 15 is 0 Å². The number of nitrogens with zero attached hydrogens (tertiary/aromatic N) is 1. The predicted octanol–water partition coefficient (Wildman–Crippen LogP) is 5.77. The summed E-state index contributed by atoms with van der Waals surface area (Å²) in [6, 6.07) is 30.8. The molecule has 25 heavy (non-hydrogen) atoms. The van der Waals surface area contributed by atoms with Gasteiger partial charge in [-0.15, -0.1) is 0 Å². The summed E-state index contributed by atoms with van der Waals surface area (Å²) in [5.74, 6) is 0. The van der Waals surface area contributed by atoms with Crippen molar-refractivity contribution in [2.45, 2.75) is 13.1 Å². The van der Waals surface area contributed by atoms with Crippen LogP contribution in [-0.4, -0.2) is 18.6 Å². The Morgan fingerprint density at radius 1 is 0.520 bits per heavy atom. The Hall–Kier alpha value is -2.64. The quantitative estimate of drug-likeness (QED) is 0.418. The average molecular weight is 326 g/mol. The zero-order valence-corrected chi connectivity index (χ0v) is 14.9. The molecule has 0 aliphatic rings. The van der Waals surface area contributed by atoms with E-state index in [4.69, 9.17) is 0 Å². The van der Waals surface area contributed by atoms with Gasteiger partial charge in [0, 0.05) is 11.1 Å². The topological polar surface area (TPSA) is 0 Å². The summed E-state index contributed by atoms with van der Waals surface area (Å²) in [6.45, 7) is 2.05. The van der Waals surface area contributed by atoms with Crippen molar-refractivity contribution in [2.24, 2.45) is 0 Å². The minimum absolute atomic E-state index is 0.941. The van der Waals surface area contributed by atoms with Gasteiger partial charge in [0.25, 0.3) is 0 Å². The molecule has 0 N–H and O–H groups in total. The SMILES string of the molecule is C[N+](C)(Cc1ccc2ccccc2c1)Cc1ccc2ccccc2c1. The Morgan fingerprint density at radius 2 is 0.920 bits per heavy atom. The molecule has 0 radical (unpaired) electrons. The number of quaternary nitrogens is 1. The molecule has 0 bridgehead atoms. The molecule has 0 spiro atoms. The maximum atomic E-state index is 2.33. The molecule has 4 aromatic carbocycles. The Labute approximate surface area is 149 Å². The van der Waals surface area contributed by atoms with Crippen molar-refractivity contribution in [3.63, 3.8) is 0 Å². The minimum atomic E-state index is 0.941. The summed E-state index contributed by atoms with van der Waals surface area (Å²) in [4.78, 5) is 0. The molecule has 0 saturated carbocycles. The molecular weight excluding hydrogens is 302 g/mol. The fourth-order valence-electron chi connectivity index (χ4n) is 3.72. The highest BCUT2D eigenvalue weighted by molar-refractivity contribution is 5.83. The standard InChI is InChI=1S/C24H24N/c1-25(2,17-19-11-13-21-7-3-5-9-23(21)15-19)18-20-12-14-22-8-4-6-10-24(22)16-20/h3-16H,17-18H2,1-2H3/q+1. The molecule has 124 valence electrons. The molecule has 0 amide bonds. The van der Waals surface area contributed by atoms with Gasteiger partial charge >= 0.3 is 0 Å². The first-order valence-electron chi connectivity index (χ1n) is 8.86. The summed E-state index contributed by atoms with van der Waals surface area (Å²) < 4.78 is 0.941. The zero-order chi connectivity index (χ0) is 17.3. The lowest BCUT2D eigenvalue weighted by molar-refractivity contribution is -0.916. The second kappa shape index (κ2) is 6.34. The summed E-state index contributed by atoms with van der Waals surface area (Å²) in [5.41, 5.74) is 2.79. The zero-order valence-electron chi connectivity index (χ0n) is 14.9. The van der Waals surface area contributed by atoms with E-state index < -0.39 is 0 Å². The smallest absolute Gasteiger partial charge is 0.104 e. The molecule has 0 aromatic heterocycles. The molecule has 0 atom stereocenters. The minimum Gasteiger partial charge on any atom is -0.321 e. The highest BCUT2D eigenvalue weighted by Crippen LogP contribution is 2.22. The Bertz CT molecular complexity index is 947. The van der Waals surface area contributed by atoms with Gasteiger partial charge < -0.3 is 4.48 Å². The van der Waals surface area contributed by atoms with Gasteiger partial charge in [0.15, 0.2) is 0 Å². The summed E-state index contributed by atoms with van der Waals surface area (Å²) in [7, 11) is 4.62. The number of fused-ring (bicyclic) bond motifs is 2. The van der Waals surface area contributed by atoms with Crippen molar-refractivity contribution >= 4 is 21.5 Å². The first kappa shape index (κ1) is 15.9. The number of hydrogen-bond donors (Lipinski definition) is 0. The van der Waals surface area contributed by atoms with Gasteiger partial charge in [-0.1, -0.05) is 72.8 Å². The molecule has 4 rings (SSSR count). The fourth-order valence-corrected chi connectivity index (χ4v) is 3.72. The fraction of sp³-hybridized carbons (Fsp3) is 0.167. The van der Waals surface area contributed by atoms with Crippen molar-refractivity contribution < 1.29 is 4.48 Å². The molecule has 0 unspecified atom stereocenters. The lowest BCUT2D eigenvalue weighted by Crippen LogP contribution is -2.37. The van der Waals surface area contributed by atoms with Crippen LogP contribution in [0.3, 0.4) is 0 Å². The van der Waals surface area contributed by atoms with Crippen LogP contribution >= 0.6 is 0 Å². The summed E-state index contributed by atoms with van der Waals surface area (Å²) >= 11 is 0. The molecule has 0 heterocycles. The Balaban J connectivity index is 1.57. The van der Waals surface area contributed by atoms with Crippen LogP contribution in [0.25, 0.3) is 21.5 Å². The van der Waals surface area contributed by atoms with Gasteiger partial charge in [-0.25, -0.2) is 0 Å². The molecule has 4 aromatic rings. The van der Waals surface area contributed by atoms with E-state index in [1.807, 2.05) is 0 Å². The molecular formula is C24H24N+. The maximum Gasteiger partial charge on any atom is 0.104 e. The molecule has 0 aliphatic heterocycles. The summed E-state index contributed by atoms with van der Waals surface area (Å²) in [5, 5.41) is 5.27. The van der Waals surface area contributed by atoms with Crippen LogP contribution in [-0.2, 0) is 13.1 Å². The van der Waals surface area contributed by atoms with Crippen molar-refractivity contribution in [3.05, 3.63) is 96.1 Å². The van der Waals surface area contributed by atoms with Gasteiger partial charge in [0.1, 0.15) is 13.1 Å². The molecule has 0 aliphatic carbocycles. The third-order valence-corrected chi connectivity index (χ3v) is 4.85. The van der Waals surface area contributed by atoms with Gasteiger partial charge in [0.2, 0.25) is 0 Å². The van der Waals surface area contributed by atoms with E-state index in [-0.39, 0.29) is 0 Å². The maximum absolute atomic E-state index is 2.33. The van der Waals surface area contributed by atoms with Crippen LogP contribution in [0.5, 0.6) is 0 Å². The largest absolute Gasteiger partial charge is 0.321 e. The van der Waals surface area contributed by atoms with Crippen molar-refractivity contribution in [3.8, 4) is 0 Å². The van der Waals surface area contributed by atoms with Gasteiger partial charge in [0.05, 0.1) is 14.1 Å². The average Bonchev–Trinajstić information content (AvgIpc) is 2.61. The molecule has 0 fully saturated rings. The number of rotatable bonds is 4. The van der Waals surface area contributed by atoms with Crippen LogP contribution in [0.1, 0.15) is 11.1 Å². The number of benzene rings is 4. The van der Waals surface area contributed by atoms with Crippen molar-refractivity contribution in [2.75, 3.05) is 14.1 Å². The second-order valence-electron chi connectivity index (χ2n) is 7.61. The third kappa shape index (κ3) is 3.57. The van der Waals surface area contributed by atoms with Gasteiger partial charge in [-0.05, 0) is 33.7 Å². The highest BCUT2D eigenvalue weighted by atomic mass is 15.3. The van der Waals surface area contributed by atoms with Gasteiger partial charge in [-0.3, -0.25) is 0 Å². The van der Waals surface area contributed by atoms with Crippen LogP contribution in [0.15, 0.2) is 84.9 Å². The molecule has 1 nitrogen and oxygen atoms in total. The van der Waals surface area contributed by atoms with Crippen LogP contribution in [0.4, 0.5) is 0 Å². The van der Waals surface area contributed by atoms with Crippen molar-refractivity contribution in [1.82, 2.24) is 0 Å². The van der Waals surface area contributed by atoms with Gasteiger partial charge in [-0.2, -0.15) is 0 Å². The van der Waals surface area contributed by atoms with E-state index in [2.05, 4.69) is 99.0 Å². The Kier molecular flexibility index (Phi) is 4.03. The highest BCUT2D eigenvalue weighted by Gasteiger charge is 2.17. The lowest BCUT2D eigenvalue weighted by atomic mass is 10.0. The van der Waals surface area contributed by atoms with E-state index in [1.165, 1.54) is 32.7 Å². The monoisotopic (exact) mass is 326 g/mol. The molecule has 1 heteroatoms. The predicted molar refractivity (Wildman–Crippen MR) is 107 cm³/mol. The first-order chi connectivity index (χ1) is 12.1. The van der Waals surface area contributed by atoms with E-state index in [0.717, 1.165) is 17.6 Å². The normalized spacial score (nSPS) is 11.9. The van der Waals surface area contributed by atoms with E-state index in [9.17, 15) is 0 Å². The van der Waals surface area contributed by atoms with Crippen LogP contribution in [0.2, 0.25) is 0 Å². The Morgan fingerprint density at radius 3 is 1.36 bits per heavy atom. The lowest BCUT2D eigenvalue weighted by Gasteiger charge is -2.30. The van der Waals surface area contributed by atoms with Crippen molar-refractivity contribution in [1.29, 1.82) is 0 Å². The van der Waals surface area contributed by atoms with Crippen LogP contribution < -0.4 is 0 Å². The van der Waals surface area contributed by atoms with Crippen LogP contribution in [0, 0.1) is 0 Å². The number of hydrogen-bond acceptors (Lipinski definition) is 0. The van der Waals surface area contributed by atoms with E-state index in [1.54, 1.807) is 0 Å². The second-order valence-corrected chi connectivity index (χ2v) is 7.61. The summed E-state index contributed by atoms with van der Waals surface area (Å²) in [6.07, 6.45) is 0. The molecule has 0 saturated heterocycles. The first-order valence-corrected chi connectivity index (χ1v) is 8.86. The third-order valence-electron chi connectivity index (χ3n) is 4.85. The van der Waals surface area contributed by atoms with E-state index in [0.29, 0.717) is 0 Å².